The number of nitrogen functional groups attached to an aromatic ring is 1. The van der Waals surface area contributed by atoms with Crippen molar-refractivity contribution in [2.24, 2.45) is 7.05 Å². The molecule has 1 aromatic carbocycles. The van der Waals surface area contributed by atoms with Crippen LogP contribution >= 0.6 is 11.8 Å². The van der Waals surface area contributed by atoms with E-state index in [4.69, 9.17) is 5.73 Å². The van der Waals surface area contributed by atoms with Gasteiger partial charge in [-0.3, -0.25) is 9.67 Å². The molecule has 0 spiro atoms. The first-order valence-corrected chi connectivity index (χ1v) is 6.97. The number of benzene rings is 1. The van der Waals surface area contributed by atoms with E-state index in [-0.39, 0.29) is 0 Å². The van der Waals surface area contributed by atoms with Gasteiger partial charge in [-0.25, -0.2) is 0 Å². The van der Waals surface area contributed by atoms with Crippen molar-refractivity contribution in [1.29, 1.82) is 0 Å². The van der Waals surface area contributed by atoms with Crippen molar-refractivity contribution in [3.05, 3.63) is 48.4 Å². The molecular formula is C14H14N4S. The van der Waals surface area contributed by atoms with Gasteiger partial charge in [0.1, 0.15) is 0 Å². The van der Waals surface area contributed by atoms with Gasteiger partial charge in [0.25, 0.3) is 0 Å². The largest absolute Gasteiger partial charge is 0.397 e. The molecule has 0 aliphatic carbocycles. The summed E-state index contributed by atoms with van der Waals surface area (Å²) in [6, 6.07) is 10.2. The highest BCUT2D eigenvalue weighted by Gasteiger charge is 2.09. The van der Waals surface area contributed by atoms with Crippen LogP contribution in [0.3, 0.4) is 0 Å². The summed E-state index contributed by atoms with van der Waals surface area (Å²) in [5.41, 5.74) is 8.85. The summed E-state index contributed by atoms with van der Waals surface area (Å²) >= 11 is 1.69. The predicted molar refractivity (Wildman–Crippen MR) is 78.9 cm³/mol. The van der Waals surface area contributed by atoms with Gasteiger partial charge in [-0.05, 0) is 12.1 Å². The first-order valence-electron chi connectivity index (χ1n) is 5.98. The van der Waals surface area contributed by atoms with Crippen LogP contribution in [0.4, 0.5) is 5.69 Å². The summed E-state index contributed by atoms with van der Waals surface area (Å²) < 4.78 is 1.92. The van der Waals surface area contributed by atoms with Crippen LogP contribution in [-0.4, -0.2) is 14.8 Å². The molecule has 0 aliphatic rings. The molecule has 2 N–H and O–H groups in total. The lowest BCUT2D eigenvalue weighted by Gasteiger charge is -2.02. The second-order valence-electron chi connectivity index (χ2n) is 4.29. The molecule has 0 bridgehead atoms. The van der Waals surface area contributed by atoms with Gasteiger partial charge in [0, 0.05) is 29.3 Å². The van der Waals surface area contributed by atoms with Gasteiger partial charge in [0.05, 0.1) is 23.1 Å². The Balaban J connectivity index is 1.88. The molecule has 0 atom stereocenters. The molecule has 0 radical (unpaired) electrons. The molecule has 0 saturated carbocycles. The summed E-state index contributed by atoms with van der Waals surface area (Å²) in [4.78, 5) is 5.04. The monoisotopic (exact) mass is 270 g/mol. The SMILES string of the molecule is Cn1nc(CSc2ccncc2N)c2ccccc21. The van der Waals surface area contributed by atoms with Gasteiger partial charge in [0.15, 0.2) is 0 Å². The standard InChI is InChI=1S/C14H14N4S/c1-18-13-5-3-2-4-10(13)12(17-18)9-19-14-6-7-16-8-11(14)15/h2-8H,9,15H2,1H3. The third-order valence-corrected chi connectivity index (χ3v) is 4.11. The molecule has 3 aromatic rings. The van der Waals surface area contributed by atoms with Crippen molar-refractivity contribution in [2.45, 2.75) is 10.6 Å². The zero-order valence-corrected chi connectivity index (χ0v) is 11.4. The van der Waals surface area contributed by atoms with Gasteiger partial charge >= 0.3 is 0 Å². The predicted octanol–water partition coefficient (Wildman–Crippen LogP) is 2.84. The van der Waals surface area contributed by atoms with E-state index in [2.05, 4.69) is 22.2 Å². The third-order valence-electron chi connectivity index (χ3n) is 3.01. The molecule has 3 rings (SSSR count). The molecule has 2 heterocycles. The van der Waals surface area contributed by atoms with E-state index in [1.165, 1.54) is 5.39 Å². The van der Waals surface area contributed by atoms with Crippen LogP contribution in [0.2, 0.25) is 0 Å². The molecule has 0 aliphatic heterocycles. The number of aryl methyl sites for hydroxylation is 1. The third kappa shape index (κ3) is 2.29. The van der Waals surface area contributed by atoms with Crippen LogP contribution in [0.15, 0.2) is 47.6 Å². The number of nitrogens with two attached hydrogens (primary N) is 1. The molecule has 2 aromatic heterocycles. The lowest BCUT2D eigenvalue weighted by molar-refractivity contribution is 0.781. The highest BCUT2D eigenvalue weighted by Crippen LogP contribution is 2.29. The van der Waals surface area contributed by atoms with Crippen LogP contribution in [0, 0.1) is 0 Å². The molecule has 0 unspecified atom stereocenters. The zero-order valence-electron chi connectivity index (χ0n) is 10.6. The minimum absolute atomic E-state index is 0.715. The van der Waals surface area contributed by atoms with Crippen LogP contribution in [0.5, 0.6) is 0 Å². The summed E-state index contributed by atoms with van der Waals surface area (Å²) in [6.45, 7) is 0. The maximum Gasteiger partial charge on any atom is 0.0805 e. The van der Waals surface area contributed by atoms with Crippen molar-refractivity contribution < 1.29 is 0 Å². The number of nitrogens with zero attached hydrogens (tertiary/aromatic N) is 3. The molecule has 0 fully saturated rings. The second kappa shape index (κ2) is 4.93. The fourth-order valence-corrected chi connectivity index (χ4v) is 2.95. The topological polar surface area (TPSA) is 56.7 Å². The lowest BCUT2D eigenvalue weighted by atomic mass is 10.2. The lowest BCUT2D eigenvalue weighted by Crippen LogP contribution is -1.92. The molecule has 5 heteroatoms. The summed E-state index contributed by atoms with van der Waals surface area (Å²) in [6.07, 6.45) is 3.44. The molecule has 0 saturated heterocycles. The minimum atomic E-state index is 0.715. The van der Waals surface area contributed by atoms with Crippen molar-refractivity contribution in [3.8, 4) is 0 Å². The average Bonchev–Trinajstić information content (AvgIpc) is 2.75. The minimum Gasteiger partial charge on any atom is -0.397 e. The zero-order chi connectivity index (χ0) is 13.2. The number of fused-ring (bicyclic) bond motifs is 1. The number of aromatic nitrogens is 3. The van der Waals surface area contributed by atoms with E-state index in [1.807, 2.05) is 29.9 Å². The number of anilines is 1. The van der Waals surface area contributed by atoms with Crippen LogP contribution in [0.25, 0.3) is 10.9 Å². The quantitative estimate of drug-likeness (QED) is 0.743. The maximum atomic E-state index is 5.89. The number of rotatable bonds is 3. The van der Waals surface area contributed by atoms with E-state index in [1.54, 1.807) is 24.2 Å². The Bertz CT molecular complexity index is 720. The molecule has 4 nitrogen and oxygen atoms in total. The molecule has 19 heavy (non-hydrogen) atoms. The molecular weight excluding hydrogens is 256 g/mol. The maximum absolute atomic E-state index is 5.89. The number of thioether (sulfide) groups is 1. The summed E-state index contributed by atoms with van der Waals surface area (Å²) in [7, 11) is 1.97. The number of hydrogen-bond acceptors (Lipinski definition) is 4. The Morgan fingerprint density at radius 2 is 2.11 bits per heavy atom. The first-order chi connectivity index (χ1) is 9.25. The van der Waals surface area contributed by atoms with Crippen molar-refractivity contribution in [2.75, 3.05) is 5.73 Å². The highest BCUT2D eigenvalue weighted by molar-refractivity contribution is 7.98. The number of hydrogen-bond donors (Lipinski definition) is 1. The van der Waals surface area contributed by atoms with Crippen LogP contribution < -0.4 is 5.73 Å². The second-order valence-corrected chi connectivity index (χ2v) is 5.31. The van der Waals surface area contributed by atoms with Gasteiger partial charge in [0.2, 0.25) is 0 Å². The van der Waals surface area contributed by atoms with Crippen molar-refractivity contribution >= 4 is 28.4 Å². The van der Waals surface area contributed by atoms with Gasteiger partial charge < -0.3 is 5.73 Å². The summed E-state index contributed by atoms with van der Waals surface area (Å²) in [5, 5.41) is 5.77. The van der Waals surface area contributed by atoms with Gasteiger partial charge in [-0.1, -0.05) is 18.2 Å². The van der Waals surface area contributed by atoms with Gasteiger partial charge in [-0.15, -0.1) is 11.8 Å². The van der Waals surface area contributed by atoms with Crippen molar-refractivity contribution in [3.63, 3.8) is 0 Å². The normalized spacial score (nSPS) is 11.0. The Kier molecular flexibility index (Phi) is 3.13. The molecule has 96 valence electrons. The highest BCUT2D eigenvalue weighted by atomic mass is 32.2. The number of pyridine rings is 1. The van der Waals surface area contributed by atoms with E-state index in [0.717, 1.165) is 21.9 Å². The first kappa shape index (κ1) is 12.0. The van der Waals surface area contributed by atoms with Crippen LogP contribution in [-0.2, 0) is 12.8 Å². The van der Waals surface area contributed by atoms with E-state index < -0.39 is 0 Å². The average molecular weight is 270 g/mol. The van der Waals surface area contributed by atoms with Crippen LogP contribution in [0.1, 0.15) is 5.69 Å². The van der Waals surface area contributed by atoms with Crippen molar-refractivity contribution in [1.82, 2.24) is 14.8 Å². The summed E-state index contributed by atoms with van der Waals surface area (Å²) in [5.74, 6) is 0.801. The Morgan fingerprint density at radius 1 is 1.26 bits per heavy atom. The number of para-hydroxylation sites is 1. The fraction of sp³-hybridized carbons (Fsp3) is 0.143. The van der Waals surface area contributed by atoms with Gasteiger partial charge in [-0.2, -0.15) is 5.10 Å². The van der Waals surface area contributed by atoms with E-state index in [0.29, 0.717) is 5.69 Å². The Labute approximate surface area is 115 Å². The van der Waals surface area contributed by atoms with E-state index in [9.17, 15) is 0 Å². The Morgan fingerprint density at radius 3 is 2.95 bits per heavy atom. The molecule has 0 amide bonds. The van der Waals surface area contributed by atoms with E-state index >= 15 is 0 Å². The Hall–Kier alpha value is -2.01. The fourth-order valence-electron chi connectivity index (χ4n) is 2.07. The smallest absolute Gasteiger partial charge is 0.0805 e.